The van der Waals surface area contributed by atoms with Crippen molar-refractivity contribution in [3.8, 4) is 11.3 Å². The van der Waals surface area contributed by atoms with Crippen molar-refractivity contribution in [3.05, 3.63) is 82.8 Å². The van der Waals surface area contributed by atoms with E-state index in [0.29, 0.717) is 28.9 Å². The Morgan fingerprint density at radius 2 is 2.10 bits per heavy atom. The third-order valence-electron chi connectivity index (χ3n) is 5.54. The molecule has 4 aromatic rings. The second kappa shape index (κ2) is 8.43. The van der Waals surface area contributed by atoms with Crippen LogP contribution in [0.4, 0.5) is 5.13 Å². The Morgan fingerprint density at radius 1 is 1.23 bits per heavy atom. The second-order valence-corrected chi connectivity index (χ2v) is 9.09. The first-order valence-corrected chi connectivity index (χ1v) is 11.3. The largest absolute Gasteiger partial charge is 0.298 e. The van der Waals surface area contributed by atoms with Crippen molar-refractivity contribution < 1.29 is 4.79 Å². The van der Waals surface area contributed by atoms with Gasteiger partial charge < -0.3 is 0 Å². The maximum atomic E-state index is 13.2. The molecule has 31 heavy (non-hydrogen) atoms. The normalized spacial score (nSPS) is 15.5. The van der Waals surface area contributed by atoms with E-state index in [9.17, 15) is 4.79 Å². The van der Waals surface area contributed by atoms with Crippen LogP contribution in [0.5, 0.6) is 0 Å². The van der Waals surface area contributed by atoms with Gasteiger partial charge in [-0.1, -0.05) is 37.3 Å². The van der Waals surface area contributed by atoms with Crippen LogP contribution < -0.4 is 5.32 Å². The van der Waals surface area contributed by atoms with E-state index >= 15 is 0 Å². The number of aromatic nitrogens is 4. The Bertz CT molecular complexity index is 1200. The fraction of sp³-hybridized carbons (Fsp3) is 0.250. The zero-order valence-electron chi connectivity index (χ0n) is 17.3. The molecular formula is C24H23N5OS. The minimum Gasteiger partial charge on any atom is -0.298 e. The van der Waals surface area contributed by atoms with Crippen LogP contribution in [0.25, 0.3) is 11.3 Å². The molecule has 0 fully saturated rings. The van der Waals surface area contributed by atoms with Crippen LogP contribution in [0.2, 0.25) is 0 Å². The summed E-state index contributed by atoms with van der Waals surface area (Å²) in [6.45, 7) is 2.85. The van der Waals surface area contributed by atoms with Crippen molar-refractivity contribution in [1.29, 1.82) is 0 Å². The number of benzene rings is 1. The van der Waals surface area contributed by atoms with Crippen molar-refractivity contribution in [2.75, 3.05) is 5.32 Å². The zero-order valence-corrected chi connectivity index (χ0v) is 18.1. The van der Waals surface area contributed by atoms with E-state index in [4.69, 9.17) is 5.10 Å². The highest BCUT2D eigenvalue weighted by molar-refractivity contribution is 7.15. The fourth-order valence-corrected chi connectivity index (χ4v) is 5.08. The van der Waals surface area contributed by atoms with Gasteiger partial charge in [-0.3, -0.25) is 19.8 Å². The van der Waals surface area contributed by atoms with Crippen LogP contribution in [0.3, 0.4) is 0 Å². The van der Waals surface area contributed by atoms with E-state index in [1.807, 2.05) is 42.5 Å². The van der Waals surface area contributed by atoms with Crippen LogP contribution in [0.15, 0.2) is 61.1 Å². The van der Waals surface area contributed by atoms with E-state index in [1.165, 1.54) is 4.88 Å². The first-order valence-electron chi connectivity index (χ1n) is 10.5. The van der Waals surface area contributed by atoms with Gasteiger partial charge in [-0.15, -0.1) is 11.3 Å². The molecule has 1 aromatic carbocycles. The molecule has 1 aliphatic carbocycles. The zero-order chi connectivity index (χ0) is 21.2. The summed E-state index contributed by atoms with van der Waals surface area (Å²) in [4.78, 5) is 23.4. The molecular weight excluding hydrogens is 406 g/mol. The van der Waals surface area contributed by atoms with E-state index in [2.05, 4.69) is 22.2 Å². The lowest BCUT2D eigenvalue weighted by atomic mass is 9.93. The monoisotopic (exact) mass is 429 g/mol. The van der Waals surface area contributed by atoms with Gasteiger partial charge >= 0.3 is 0 Å². The molecule has 1 aliphatic rings. The van der Waals surface area contributed by atoms with Crippen molar-refractivity contribution in [1.82, 2.24) is 19.7 Å². The number of carbonyl (C=O) groups excluding carboxylic acids is 1. The summed E-state index contributed by atoms with van der Waals surface area (Å²) in [6.07, 6.45) is 8.43. The van der Waals surface area contributed by atoms with Crippen LogP contribution in [-0.2, 0) is 19.4 Å². The Hall–Kier alpha value is -3.32. The Kier molecular flexibility index (Phi) is 5.34. The Morgan fingerprint density at radius 3 is 2.90 bits per heavy atom. The topological polar surface area (TPSA) is 72.7 Å². The predicted octanol–water partition coefficient (Wildman–Crippen LogP) is 4.83. The molecule has 6 nitrogen and oxygen atoms in total. The summed E-state index contributed by atoms with van der Waals surface area (Å²) < 4.78 is 1.81. The first kappa shape index (κ1) is 19.6. The number of fused-ring (bicyclic) bond motifs is 1. The van der Waals surface area contributed by atoms with Gasteiger partial charge in [0, 0.05) is 29.0 Å². The number of aryl methyl sites for hydroxylation is 1. The summed E-state index contributed by atoms with van der Waals surface area (Å²) in [7, 11) is 0. The van der Waals surface area contributed by atoms with Gasteiger partial charge in [-0.05, 0) is 42.9 Å². The highest BCUT2D eigenvalue weighted by Gasteiger charge is 2.23. The third-order valence-corrected chi connectivity index (χ3v) is 6.57. The lowest BCUT2D eigenvalue weighted by molar-refractivity contribution is 0.102. The molecule has 0 spiro atoms. The molecule has 1 unspecified atom stereocenters. The molecule has 5 rings (SSSR count). The highest BCUT2D eigenvalue weighted by atomic mass is 32.1. The van der Waals surface area contributed by atoms with Crippen LogP contribution in [0, 0.1) is 5.92 Å². The molecule has 1 N–H and O–H groups in total. The number of anilines is 1. The molecule has 3 aromatic heterocycles. The van der Waals surface area contributed by atoms with Crippen molar-refractivity contribution >= 4 is 22.4 Å². The molecule has 0 radical (unpaired) electrons. The van der Waals surface area contributed by atoms with E-state index in [0.717, 1.165) is 36.1 Å². The quantitative estimate of drug-likeness (QED) is 0.493. The van der Waals surface area contributed by atoms with E-state index < -0.39 is 0 Å². The summed E-state index contributed by atoms with van der Waals surface area (Å²) >= 11 is 1.59. The molecule has 3 heterocycles. The van der Waals surface area contributed by atoms with Crippen molar-refractivity contribution in [2.24, 2.45) is 5.92 Å². The van der Waals surface area contributed by atoms with Gasteiger partial charge in [0.15, 0.2) is 5.13 Å². The average Bonchev–Trinajstić information content (AvgIpc) is 3.38. The molecule has 156 valence electrons. The number of thiazole rings is 1. The van der Waals surface area contributed by atoms with Gasteiger partial charge in [-0.25, -0.2) is 4.98 Å². The molecule has 1 atom stereocenters. The van der Waals surface area contributed by atoms with Crippen molar-refractivity contribution in [3.63, 3.8) is 0 Å². The smallest absolute Gasteiger partial charge is 0.261 e. The van der Waals surface area contributed by atoms with Crippen LogP contribution in [0.1, 0.15) is 39.8 Å². The van der Waals surface area contributed by atoms with Crippen LogP contribution in [-0.4, -0.2) is 25.7 Å². The number of pyridine rings is 1. The number of nitrogens with one attached hydrogen (secondary N) is 1. The Balaban J connectivity index is 1.44. The van der Waals surface area contributed by atoms with Gasteiger partial charge in [-0.2, -0.15) is 5.10 Å². The SMILES string of the molecule is CC1CCc2nc(NC(=O)c3cn(Cc4ccccc4)nc3-c3cccnc3)sc2C1. The average molecular weight is 430 g/mol. The number of carbonyl (C=O) groups is 1. The Labute approximate surface area is 185 Å². The number of hydrogen-bond donors (Lipinski definition) is 1. The lowest BCUT2D eigenvalue weighted by Crippen LogP contribution is -2.12. The van der Waals surface area contributed by atoms with Crippen molar-refractivity contribution in [2.45, 2.75) is 32.7 Å². The standard InChI is InChI=1S/C24H23N5OS/c1-16-9-10-20-21(12-16)31-24(26-20)27-23(30)19-15-29(14-17-6-3-2-4-7-17)28-22(19)18-8-5-11-25-13-18/h2-8,11,13,15-16H,9-10,12,14H2,1H3,(H,26,27,30). The summed E-state index contributed by atoms with van der Waals surface area (Å²) in [6, 6.07) is 13.9. The number of nitrogens with zero attached hydrogens (tertiary/aromatic N) is 4. The predicted molar refractivity (Wildman–Crippen MR) is 122 cm³/mol. The minimum absolute atomic E-state index is 0.197. The summed E-state index contributed by atoms with van der Waals surface area (Å²) in [5.41, 5.74) is 4.20. The minimum atomic E-state index is -0.197. The molecule has 0 saturated carbocycles. The molecule has 0 aliphatic heterocycles. The molecule has 1 amide bonds. The summed E-state index contributed by atoms with van der Waals surface area (Å²) in [5.74, 6) is 0.474. The van der Waals surface area contributed by atoms with E-state index in [-0.39, 0.29) is 5.91 Å². The number of amides is 1. The molecule has 0 bridgehead atoms. The van der Waals surface area contributed by atoms with E-state index in [1.54, 1.807) is 34.6 Å². The second-order valence-electron chi connectivity index (χ2n) is 8.01. The van der Waals surface area contributed by atoms with Gasteiger partial charge in [0.2, 0.25) is 0 Å². The third kappa shape index (κ3) is 4.27. The molecule has 7 heteroatoms. The van der Waals surface area contributed by atoms with Gasteiger partial charge in [0.1, 0.15) is 5.69 Å². The number of hydrogen-bond acceptors (Lipinski definition) is 5. The maximum Gasteiger partial charge on any atom is 0.261 e. The lowest BCUT2D eigenvalue weighted by Gasteiger charge is -2.15. The molecule has 0 saturated heterocycles. The first-order chi connectivity index (χ1) is 15.2. The van der Waals surface area contributed by atoms with Gasteiger partial charge in [0.05, 0.1) is 17.8 Å². The summed E-state index contributed by atoms with van der Waals surface area (Å²) in [5, 5.41) is 8.39. The highest BCUT2D eigenvalue weighted by Crippen LogP contribution is 2.32. The van der Waals surface area contributed by atoms with Crippen LogP contribution >= 0.6 is 11.3 Å². The fourth-order valence-electron chi connectivity index (χ4n) is 3.91. The maximum absolute atomic E-state index is 13.2. The van der Waals surface area contributed by atoms with Gasteiger partial charge in [0.25, 0.3) is 5.91 Å². The number of rotatable bonds is 5.